The highest BCUT2D eigenvalue weighted by Crippen LogP contribution is 2.26. The molecule has 1 heterocycles. The Balaban J connectivity index is 1.89. The van der Waals surface area contributed by atoms with Crippen LogP contribution < -0.4 is 15.5 Å². The largest absolute Gasteiger partial charge is 0.340 e. The van der Waals surface area contributed by atoms with Crippen LogP contribution in [0.2, 0.25) is 5.02 Å². The van der Waals surface area contributed by atoms with Gasteiger partial charge in [0.25, 0.3) is 5.91 Å². The highest BCUT2D eigenvalue weighted by molar-refractivity contribution is 6.30. The van der Waals surface area contributed by atoms with Crippen LogP contribution in [0.1, 0.15) is 24.2 Å². The zero-order valence-corrected chi connectivity index (χ0v) is 15.8. The van der Waals surface area contributed by atoms with Crippen molar-refractivity contribution in [3.05, 3.63) is 59.1 Å². The molecule has 0 aliphatic carbocycles. The first-order valence-electron chi connectivity index (χ1n) is 8.63. The molecule has 0 saturated heterocycles. The van der Waals surface area contributed by atoms with Crippen molar-refractivity contribution in [1.29, 1.82) is 0 Å². The minimum atomic E-state index is -0.701. The van der Waals surface area contributed by atoms with Crippen LogP contribution in [-0.4, -0.2) is 30.3 Å². The number of nitrogens with zero attached hydrogens (tertiary/aromatic N) is 1. The third-order valence-electron chi connectivity index (χ3n) is 4.35. The lowest BCUT2D eigenvalue weighted by Gasteiger charge is -2.26. The van der Waals surface area contributed by atoms with E-state index in [2.05, 4.69) is 10.6 Å². The van der Waals surface area contributed by atoms with Crippen LogP contribution >= 0.6 is 11.6 Å². The molecule has 0 saturated carbocycles. The maximum absolute atomic E-state index is 13.0. The van der Waals surface area contributed by atoms with E-state index >= 15 is 0 Å². The maximum Gasteiger partial charge on any atom is 0.254 e. The van der Waals surface area contributed by atoms with Crippen molar-refractivity contribution in [3.63, 3.8) is 0 Å². The molecule has 27 heavy (non-hydrogen) atoms. The number of carbonyl (C=O) groups excluding carboxylic acids is 3. The molecular weight excluding hydrogens is 366 g/mol. The number of fused-ring (bicyclic) bond motifs is 1. The van der Waals surface area contributed by atoms with E-state index in [1.165, 1.54) is 4.90 Å². The number of rotatable bonds is 4. The Kier molecular flexibility index (Phi) is 5.46. The standard InChI is InChI=1S/C20H20ClN3O3/c1-12(2)18-20(27)24(16-6-4-3-5-15(16)19(26)23-18)11-17(25)22-14-9-7-13(21)8-10-14/h3-10,12,18H,11H2,1-2H3,(H,22,25)(H,23,26). The summed E-state index contributed by atoms with van der Waals surface area (Å²) in [6, 6.07) is 12.8. The molecule has 0 fully saturated rings. The van der Waals surface area contributed by atoms with Gasteiger partial charge < -0.3 is 15.5 Å². The van der Waals surface area contributed by atoms with E-state index in [-0.39, 0.29) is 30.2 Å². The molecule has 0 aromatic heterocycles. The molecule has 1 unspecified atom stereocenters. The number of nitrogens with one attached hydrogen (secondary N) is 2. The Bertz CT molecular complexity index is 880. The molecule has 0 radical (unpaired) electrons. The van der Waals surface area contributed by atoms with Gasteiger partial charge in [-0.25, -0.2) is 0 Å². The predicted octanol–water partition coefficient (Wildman–Crippen LogP) is 3.08. The van der Waals surface area contributed by atoms with E-state index in [0.717, 1.165) is 0 Å². The van der Waals surface area contributed by atoms with Crippen LogP contribution in [0.5, 0.6) is 0 Å². The number of para-hydroxylation sites is 1. The Morgan fingerprint density at radius 1 is 1.15 bits per heavy atom. The molecule has 2 N–H and O–H groups in total. The highest BCUT2D eigenvalue weighted by Gasteiger charge is 2.36. The van der Waals surface area contributed by atoms with Gasteiger partial charge in [0.1, 0.15) is 12.6 Å². The lowest BCUT2D eigenvalue weighted by Crippen LogP contribution is -2.50. The smallest absolute Gasteiger partial charge is 0.254 e. The number of anilines is 2. The summed E-state index contributed by atoms with van der Waals surface area (Å²) in [6.07, 6.45) is 0. The second kappa shape index (κ2) is 7.80. The zero-order valence-electron chi connectivity index (χ0n) is 15.0. The van der Waals surface area contributed by atoms with E-state index in [9.17, 15) is 14.4 Å². The van der Waals surface area contributed by atoms with Crippen LogP contribution in [0.15, 0.2) is 48.5 Å². The number of carbonyl (C=O) groups is 3. The SMILES string of the molecule is CC(C)C1NC(=O)c2ccccc2N(CC(=O)Nc2ccc(Cl)cc2)C1=O. The van der Waals surface area contributed by atoms with Gasteiger partial charge in [-0.05, 0) is 42.3 Å². The summed E-state index contributed by atoms with van der Waals surface area (Å²) >= 11 is 5.85. The molecule has 1 atom stereocenters. The normalized spacial score (nSPS) is 16.6. The van der Waals surface area contributed by atoms with E-state index in [0.29, 0.717) is 22.0 Å². The monoisotopic (exact) mass is 385 g/mol. The molecule has 3 amide bonds. The molecule has 2 aromatic carbocycles. The van der Waals surface area contributed by atoms with E-state index in [1.807, 2.05) is 13.8 Å². The van der Waals surface area contributed by atoms with E-state index in [4.69, 9.17) is 11.6 Å². The summed E-state index contributed by atoms with van der Waals surface area (Å²) in [7, 11) is 0. The quantitative estimate of drug-likeness (QED) is 0.848. The van der Waals surface area contributed by atoms with Gasteiger partial charge in [0.05, 0.1) is 11.3 Å². The lowest BCUT2D eigenvalue weighted by molar-refractivity contribution is -0.123. The third-order valence-corrected chi connectivity index (χ3v) is 4.61. The molecule has 0 spiro atoms. The second-order valence-corrected chi connectivity index (χ2v) is 7.13. The topological polar surface area (TPSA) is 78.5 Å². The molecule has 6 nitrogen and oxygen atoms in total. The van der Waals surface area contributed by atoms with Crippen LogP contribution in [0.3, 0.4) is 0 Å². The van der Waals surface area contributed by atoms with Gasteiger partial charge in [-0.2, -0.15) is 0 Å². The van der Waals surface area contributed by atoms with Crippen LogP contribution in [0, 0.1) is 5.92 Å². The van der Waals surface area contributed by atoms with Crippen LogP contribution in [-0.2, 0) is 9.59 Å². The van der Waals surface area contributed by atoms with Gasteiger partial charge >= 0.3 is 0 Å². The molecule has 2 aromatic rings. The molecule has 0 bridgehead atoms. The number of hydrogen-bond acceptors (Lipinski definition) is 3. The average molecular weight is 386 g/mol. The first-order chi connectivity index (χ1) is 12.9. The van der Waals surface area contributed by atoms with Gasteiger partial charge in [0.15, 0.2) is 0 Å². The van der Waals surface area contributed by atoms with Crippen molar-refractivity contribution in [2.45, 2.75) is 19.9 Å². The Morgan fingerprint density at radius 2 is 1.81 bits per heavy atom. The predicted molar refractivity (Wildman–Crippen MR) is 105 cm³/mol. The fourth-order valence-electron chi connectivity index (χ4n) is 2.96. The maximum atomic E-state index is 13.0. The van der Waals surface area contributed by atoms with Gasteiger partial charge in [-0.15, -0.1) is 0 Å². The molecule has 3 rings (SSSR count). The van der Waals surface area contributed by atoms with Crippen molar-refractivity contribution < 1.29 is 14.4 Å². The highest BCUT2D eigenvalue weighted by atomic mass is 35.5. The fraction of sp³-hybridized carbons (Fsp3) is 0.250. The molecule has 1 aliphatic heterocycles. The third kappa shape index (κ3) is 4.11. The van der Waals surface area contributed by atoms with Gasteiger partial charge in [-0.3, -0.25) is 14.4 Å². The first kappa shape index (κ1) is 18.9. The summed E-state index contributed by atoms with van der Waals surface area (Å²) in [6.45, 7) is 3.51. The Morgan fingerprint density at radius 3 is 2.48 bits per heavy atom. The minimum Gasteiger partial charge on any atom is -0.340 e. The lowest BCUT2D eigenvalue weighted by atomic mass is 10.0. The summed E-state index contributed by atoms with van der Waals surface area (Å²) in [5.74, 6) is -1.11. The minimum absolute atomic E-state index is 0.113. The number of amides is 3. The van der Waals surface area contributed by atoms with Crippen molar-refractivity contribution >= 4 is 40.7 Å². The molecule has 1 aliphatic rings. The van der Waals surface area contributed by atoms with Crippen molar-refractivity contribution in [2.75, 3.05) is 16.8 Å². The number of hydrogen-bond donors (Lipinski definition) is 2. The molecule has 7 heteroatoms. The van der Waals surface area contributed by atoms with Crippen LogP contribution in [0.25, 0.3) is 0 Å². The summed E-state index contributed by atoms with van der Waals surface area (Å²) in [4.78, 5) is 39.5. The second-order valence-electron chi connectivity index (χ2n) is 6.69. The number of benzene rings is 2. The van der Waals surface area contributed by atoms with Crippen molar-refractivity contribution in [1.82, 2.24) is 5.32 Å². The Labute approximate surface area is 162 Å². The van der Waals surface area contributed by atoms with Crippen molar-refractivity contribution in [2.24, 2.45) is 5.92 Å². The molecule has 140 valence electrons. The van der Waals surface area contributed by atoms with E-state index in [1.54, 1.807) is 48.5 Å². The summed E-state index contributed by atoms with van der Waals surface area (Å²) in [5.41, 5.74) is 1.37. The van der Waals surface area contributed by atoms with Gasteiger partial charge in [0.2, 0.25) is 11.8 Å². The van der Waals surface area contributed by atoms with Gasteiger partial charge in [-0.1, -0.05) is 37.6 Å². The molecular formula is C20H20ClN3O3. The average Bonchev–Trinajstić information content (AvgIpc) is 2.74. The van der Waals surface area contributed by atoms with Crippen LogP contribution in [0.4, 0.5) is 11.4 Å². The zero-order chi connectivity index (χ0) is 19.6. The van der Waals surface area contributed by atoms with Crippen molar-refractivity contribution in [3.8, 4) is 0 Å². The van der Waals surface area contributed by atoms with E-state index < -0.39 is 6.04 Å². The summed E-state index contributed by atoms with van der Waals surface area (Å²) < 4.78 is 0. The fourth-order valence-corrected chi connectivity index (χ4v) is 3.09. The summed E-state index contributed by atoms with van der Waals surface area (Å²) in [5, 5.41) is 6.08. The first-order valence-corrected chi connectivity index (χ1v) is 9.01. The number of halogens is 1. The van der Waals surface area contributed by atoms with Gasteiger partial charge in [0, 0.05) is 10.7 Å². The Hall–Kier alpha value is -2.86.